The Balaban J connectivity index is 1.97. The van der Waals surface area contributed by atoms with Gasteiger partial charge in [0.05, 0.1) is 11.0 Å². The van der Waals surface area contributed by atoms with Crippen LogP contribution in [0.15, 0.2) is 53.3 Å². The number of hydrogen-bond donors (Lipinski definition) is 2. The Hall–Kier alpha value is -2.82. The van der Waals surface area contributed by atoms with Gasteiger partial charge < -0.3 is 14.9 Å². The summed E-state index contributed by atoms with van der Waals surface area (Å²) >= 11 is 0. The molecule has 2 aromatic carbocycles. The van der Waals surface area contributed by atoms with Crippen LogP contribution in [0.3, 0.4) is 0 Å². The Bertz CT molecular complexity index is 818. The number of aromatic nitrogens is 2. The van der Waals surface area contributed by atoms with E-state index >= 15 is 0 Å². The van der Waals surface area contributed by atoms with E-state index in [1.54, 1.807) is 30.1 Å². The predicted molar refractivity (Wildman–Crippen MR) is 78.1 cm³/mol. The van der Waals surface area contributed by atoms with Crippen molar-refractivity contribution in [1.82, 2.24) is 9.97 Å². The fourth-order valence-electron chi connectivity index (χ4n) is 2.13. The van der Waals surface area contributed by atoms with E-state index in [0.717, 1.165) is 5.69 Å². The highest BCUT2D eigenvalue weighted by Gasteiger charge is 2.14. The standard InChI is InChI=1S/C15H13N3O2/c1-18(11-5-3-2-4-6-11)14(19)10-7-8-12-13(9-10)17-15(20)16-12/h2-9H,1H3,(H2,16,17,20). The highest BCUT2D eigenvalue weighted by molar-refractivity contribution is 6.07. The zero-order chi connectivity index (χ0) is 14.1. The monoisotopic (exact) mass is 267 g/mol. The van der Waals surface area contributed by atoms with Gasteiger partial charge in [0, 0.05) is 18.3 Å². The van der Waals surface area contributed by atoms with Gasteiger partial charge in [0.15, 0.2) is 0 Å². The van der Waals surface area contributed by atoms with Gasteiger partial charge in [-0.05, 0) is 30.3 Å². The maximum absolute atomic E-state index is 12.4. The fourth-order valence-corrected chi connectivity index (χ4v) is 2.13. The van der Waals surface area contributed by atoms with E-state index in [1.165, 1.54) is 0 Å². The molecule has 0 spiro atoms. The highest BCUT2D eigenvalue weighted by Crippen LogP contribution is 2.17. The van der Waals surface area contributed by atoms with Crippen LogP contribution in [-0.2, 0) is 0 Å². The van der Waals surface area contributed by atoms with E-state index in [0.29, 0.717) is 16.6 Å². The average Bonchev–Trinajstić information content (AvgIpc) is 2.85. The van der Waals surface area contributed by atoms with Crippen LogP contribution in [-0.4, -0.2) is 22.9 Å². The lowest BCUT2D eigenvalue weighted by molar-refractivity contribution is 0.0993. The van der Waals surface area contributed by atoms with E-state index in [9.17, 15) is 9.59 Å². The predicted octanol–water partition coefficient (Wildman–Crippen LogP) is 2.13. The summed E-state index contributed by atoms with van der Waals surface area (Å²) in [6.07, 6.45) is 0. The lowest BCUT2D eigenvalue weighted by Crippen LogP contribution is -2.26. The summed E-state index contributed by atoms with van der Waals surface area (Å²) in [5.74, 6) is -0.125. The van der Waals surface area contributed by atoms with Crippen molar-refractivity contribution < 1.29 is 4.79 Å². The van der Waals surface area contributed by atoms with Crippen molar-refractivity contribution in [2.45, 2.75) is 0 Å². The number of aromatic amines is 2. The highest BCUT2D eigenvalue weighted by atomic mass is 16.2. The molecular weight excluding hydrogens is 254 g/mol. The minimum Gasteiger partial charge on any atom is -0.311 e. The molecule has 0 aliphatic rings. The van der Waals surface area contributed by atoms with Gasteiger partial charge in [-0.2, -0.15) is 0 Å². The largest absolute Gasteiger partial charge is 0.323 e. The van der Waals surface area contributed by atoms with Crippen molar-refractivity contribution in [3.63, 3.8) is 0 Å². The van der Waals surface area contributed by atoms with Crippen LogP contribution in [0, 0.1) is 0 Å². The average molecular weight is 267 g/mol. The third-order valence-electron chi connectivity index (χ3n) is 3.21. The van der Waals surface area contributed by atoms with E-state index in [-0.39, 0.29) is 11.6 Å². The summed E-state index contributed by atoms with van der Waals surface area (Å²) in [5.41, 5.74) is 2.39. The molecule has 20 heavy (non-hydrogen) atoms. The van der Waals surface area contributed by atoms with Crippen molar-refractivity contribution >= 4 is 22.6 Å². The van der Waals surface area contributed by atoms with Gasteiger partial charge in [0.2, 0.25) is 0 Å². The lowest BCUT2D eigenvalue weighted by Gasteiger charge is -2.17. The van der Waals surface area contributed by atoms with Crippen LogP contribution in [0.4, 0.5) is 5.69 Å². The molecule has 0 atom stereocenters. The number of carbonyl (C=O) groups excluding carboxylic acids is 1. The second kappa shape index (κ2) is 4.70. The maximum Gasteiger partial charge on any atom is 0.323 e. The second-order valence-corrected chi connectivity index (χ2v) is 4.54. The fraction of sp³-hybridized carbons (Fsp3) is 0.0667. The topological polar surface area (TPSA) is 69.0 Å². The number of H-pyrrole nitrogens is 2. The first-order valence-corrected chi connectivity index (χ1v) is 6.20. The van der Waals surface area contributed by atoms with Crippen LogP contribution in [0.5, 0.6) is 0 Å². The first-order valence-electron chi connectivity index (χ1n) is 6.20. The molecule has 5 heteroatoms. The number of nitrogens with zero attached hydrogens (tertiary/aromatic N) is 1. The van der Waals surface area contributed by atoms with E-state index < -0.39 is 0 Å². The number of nitrogens with one attached hydrogen (secondary N) is 2. The molecule has 0 saturated heterocycles. The normalized spacial score (nSPS) is 10.7. The molecule has 1 aromatic heterocycles. The van der Waals surface area contributed by atoms with E-state index in [4.69, 9.17) is 0 Å². The third-order valence-corrected chi connectivity index (χ3v) is 3.21. The molecule has 0 saturated carbocycles. The van der Waals surface area contributed by atoms with Gasteiger partial charge in [-0.15, -0.1) is 0 Å². The quantitative estimate of drug-likeness (QED) is 0.746. The van der Waals surface area contributed by atoms with Gasteiger partial charge in [-0.25, -0.2) is 4.79 Å². The molecule has 100 valence electrons. The van der Waals surface area contributed by atoms with Crippen molar-refractivity contribution in [1.29, 1.82) is 0 Å². The molecule has 0 aliphatic carbocycles. The van der Waals surface area contributed by atoms with Crippen LogP contribution >= 0.6 is 0 Å². The Morgan fingerprint density at radius 3 is 2.45 bits per heavy atom. The number of imidazole rings is 1. The first-order chi connectivity index (χ1) is 9.65. The Morgan fingerprint density at radius 1 is 1.00 bits per heavy atom. The zero-order valence-corrected chi connectivity index (χ0v) is 10.9. The Kier molecular flexibility index (Phi) is 2.87. The maximum atomic E-state index is 12.4. The summed E-state index contributed by atoms with van der Waals surface area (Å²) < 4.78 is 0. The van der Waals surface area contributed by atoms with Gasteiger partial charge in [0.1, 0.15) is 0 Å². The molecule has 1 heterocycles. The lowest BCUT2D eigenvalue weighted by atomic mass is 10.1. The molecular formula is C15H13N3O2. The molecule has 0 fully saturated rings. The molecule has 5 nitrogen and oxygen atoms in total. The summed E-state index contributed by atoms with van der Waals surface area (Å²) in [6.45, 7) is 0. The smallest absolute Gasteiger partial charge is 0.311 e. The van der Waals surface area contributed by atoms with Gasteiger partial charge in [-0.1, -0.05) is 18.2 Å². The molecule has 1 amide bonds. The summed E-state index contributed by atoms with van der Waals surface area (Å²) in [7, 11) is 1.72. The van der Waals surface area contributed by atoms with Crippen LogP contribution in [0.25, 0.3) is 11.0 Å². The van der Waals surface area contributed by atoms with Crippen molar-refractivity contribution in [3.05, 3.63) is 64.6 Å². The van der Waals surface area contributed by atoms with Crippen molar-refractivity contribution in [2.24, 2.45) is 0 Å². The molecule has 2 N–H and O–H groups in total. The van der Waals surface area contributed by atoms with Crippen LogP contribution in [0.2, 0.25) is 0 Å². The number of fused-ring (bicyclic) bond motifs is 1. The number of amides is 1. The number of carbonyl (C=O) groups is 1. The van der Waals surface area contributed by atoms with Gasteiger partial charge >= 0.3 is 5.69 Å². The van der Waals surface area contributed by atoms with Gasteiger partial charge in [-0.3, -0.25) is 4.79 Å². The number of para-hydroxylation sites is 1. The van der Waals surface area contributed by atoms with Crippen molar-refractivity contribution in [2.75, 3.05) is 11.9 Å². The van der Waals surface area contributed by atoms with E-state index in [1.807, 2.05) is 30.3 Å². The summed E-state index contributed by atoms with van der Waals surface area (Å²) in [5, 5.41) is 0. The second-order valence-electron chi connectivity index (χ2n) is 4.54. The van der Waals surface area contributed by atoms with Crippen LogP contribution in [0.1, 0.15) is 10.4 Å². The zero-order valence-electron chi connectivity index (χ0n) is 10.9. The summed E-state index contributed by atoms with van der Waals surface area (Å²) in [4.78, 5) is 30.5. The Labute approximate surface area is 114 Å². The van der Waals surface area contributed by atoms with Gasteiger partial charge in [0.25, 0.3) is 5.91 Å². The SMILES string of the molecule is CN(C(=O)c1ccc2[nH]c(=O)[nH]c2c1)c1ccccc1. The van der Waals surface area contributed by atoms with Crippen LogP contribution < -0.4 is 10.6 Å². The number of anilines is 1. The molecule has 0 unspecified atom stereocenters. The molecule has 3 rings (SSSR count). The van der Waals surface area contributed by atoms with E-state index in [2.05, 4.69) is 9.97 Å². The number of hydrogen-bond acceptors (Lipinski definition) is 2. The van der Waals surface area contributed by atoms with Crippen molar-refractivity contribution in [3.8, 4) is 0 Å². The molecule has 0 bridgehead atoms. The molecule has 0 radical (unpaired) electrons. The first kappa shape index (κ1) is 12.2. The molecule has 3 aromatic rings. The Morgan fingerprint density at radius 2 is 1.70 bits per heavy atom. The minimum atomic E-state index is -0.277. The number of rotatable bonds is 2. The molecule has 0 aliphatic heterocycles. The summed E-state index contributed by atoms with van der Waals surface area (Å²) in [6, 6.07) is 14.5. The number of benzene rings is 2. The minimum absolute atomic E-state index is 0.125. The third kappa shape index (κ3) is 2.09.